The van der Waals surface area contributed by atoms with Crippen LogP contribution in [0.15, 0.2) is 54.6 Å². The second-order valence-corrected chi connectivity index (χ2v) is 8.57. The number of hydrogen-bond donors (Lipinski definition) is 2. The van der Waals surface area contributed by atoms with Crippen molar-refractivity contribution in [1.29, 1.82) is 0 Å². The molecule has 3 aromatic carbocycles. The first-order valence-corrected chi connectivity index (χ1v) is 10.9. The number of ether oxygens (including phenoxy) is 1. The molecule has 1 saturated carbocycles. The fourth-order valence-electron chi connectivity index (χ4n) is 4.66. The van der Waals surface area contributed by atoms with Crippen LogP contribution in [0.2, 0.25) is 0 Å². The second kappa shape index (κ2) is 9.56. The number of halogens is 5. The Morgan fingerprint density at radius 1 is 1.00 bits per heavy atom. The number of rotatable bonds is 6. The van der Waals surface area contributed by atoms with E-state index in [9.17, 15) is 31.9 Å². The molecule has 9 heteroatoms. The van der Waals surface area contributed by atoms with Gasteiger partial charge < -0.3 is 15.6 Å². The third-order valence-electron chi connectivity index (χ3n) is 6.39. The number of benzene rings is 3. The molecule has 0 aromatic heterocycles. The van der Waals surface area contributed by atoms with Crippen LogP contribution in [-0.2, 0) is 12.8 Å². The predicted octanol–water partition coefficient (Wildman–Crippen LogP) is 6.89. The van der Waals surface area contributed by atoms with Crippen LogP contribution in [-0.4, -0.2) is 11.1 Å². The molecule has 0 amide bonds. The van der Waals surface area contributed by atoms with Crippen LogP contribution in [0.3, 0.4) is 0 Å². The molecule has 0 spiro atoms. The summed E-state index contributed by atoms with van der Waals surface area (Å²) in [6, 6.07) is 10.8. The lowest BCUT2D eigenvalue weighted by atomic mass is 9.82. The van der Waals surface area contributed by atoms with E-state index >= 15 is 0 Å². The molecule has 184 valence electrons. The van der Waals surface area contributed by atoms with E-state index in [0.717, 1.165) is 18.2 Å². The van der Waals surface area contributed by atoms with Crippen LogP contribution in [0.5, 0.6) is 5.75 Å². The van der Waals surface area contributed by atoms with Gasteiger partial charge in [-0.05, 0) is 78.3 Å². The fraction of sp³-hybridized carbons (Fsp3) is 0.269. The van der Waals surface area contributed by atoms with Gasteiger partial charge in [-0.1, -0.05) is 12.5 Å². The minimum absolute atomic E-state index is 0.0601. The Bertz CT molecular complexity index is 1260. The summed E-state index contributed by atoms with van der Waals surface area (Å²) in [5.41, 5.74) is 5.97. The van der Waals surface area contributed by atoms with Gasteiger partial charge in [-0.15, -0.1) is 0 Å². The zero-order valence-corrected chi connectivity index (χ0v) is 18.4. The maximum atomic E-state index is 14.1. The van der Waals surface area contributed by atoms with Gasteiger partial charge in [0.1, 0.15) is 24.0 Å². The number of aromatic carboxylic acids is 1. The Labute approximate surface area is 198 Å². The highest BCUT2D eigenvalue weighted by atomic mass is 19.4. The van der Waals surface area contributed by atoms with Crippen molar-refractivity contribution in [3.05, 3.63) is 94.0 Å². The van der Waals surface area contributed by atoms with E-state index in [1.54, 1.807) is 6.07 Å². The molecule has 3 aromatic rings. The van der Waals surface area contributed by atoms with Crippen molar-refractivity contribution in [2.75, 3.05) is 5.73 Å². The zero-order valence-electron chi connectivity index (χ0n) is 18.4. The Morgan fingerprint density at radius 3 is 2.43 bits per heavy atom. The minimum Gasteiger partial charge on any atom is -0.489 e. The predicted molar refractivity (Wildman–Crippen MR) is 119 cm³/mol. The SMILES string of the molecule is Nc1ccc(C2CCCC2c2cc(C(F)(F)F)ccc2OCc2ccc(F)cc2F)cc1C(=O)O. The molecule has 0 heterocycles. The van der Waals surface area contributed by atoms with Crippen molar-refractivity contribution in [3.63, 3.8) is 0 Å². The van der Waals surface area contributed by atoms with Gasteiger partial charge in [-0.2, -0.15) is 13.2 Å². The van der Waals surface area contributed by atoms with Crippen molar-refractivity contribution in [2.45, 2.75) is 43.9 Å². The second-order valence-electron chi connectivity index (χ2n) is 8.57. The number of alkyl halides is 3. The minimum atomic E-state index is -4.58. The van der Waals surface area contributed by atoms with Gasteiger partial charge in [0.15, 0.2) is 0 Å². The number of nitrogens with two attached hydrogens (primary N) is 1. The van der Waals surface area contributed by atoms with E-state index in [4.69, 9.17) is 10.5 Å². The van der Waals surface area contributed by atoms with Crippen molar-refractivity contribution < 1.29 is 36.6 Å². The van der Waals surface area contributed by atoms with Gasteiger partial charge in [0.05, 0.1) is 11.1 Å². The summed E-state index contributed by atoms with van der Waals surface area (Å²) in [6.07, 6.45) is -2.68. The summed E-state index contributed by atoms with van der Waals surface area (Å²) in [6.45, 7) is -0.299. The van der Waals surface area contributed by atoms with Crippen molar-refractivity contribution >= 4 is 11.7 Å². The molecule has 35 heavy (non-hydrogen) atoms. The average Bonchev–Trinajstić information content (AvgIpc) is 3.27. The van der Waals surface area contributed by atoms with Gasteiger partial charge in [0, 0.05) is 17.3 Å². The maximum Gasteiger partial charge on any atom is 0.416 e. The van der Waals surface area contributed by atoms with Crippen molar-refractivity contribution in [1.82, 2.24) is 0 Å². The first-order valence-electron chi connectivity index (χ1n) is 10.9. The van der Waals surface area contributed by atoms with Crippen molar-refractivity contribution in [3.8, 4) is 5.75 Å². The van der Waals surface area contributed by atoms with Crippen LogP contribution >= 0.6 is 0 Å². The third kappa shape index (κ3) is 5.23. The fourth-order valence-corrected chi connectivity index (χ4v) is 4.66. The highest BCUT2D eigenvalue weighted by molar-refractivity contribution is 5.93. The lowest BCUT2D eigenvalue weighted by Gasteiger charge is -2.25. The summed E-state index contributed by atoms with van der Waals surface area (Å²) >= 11 is 0. The molecule has 2 atom stereocenters. The van der Waals surface area contributed by atoms with E-state index in [1.165, 1.54) is 24.3 Å². The zero-order chi connectivity index (χ0) is 25.3. The lowest BCUT2D eigenvalue weighted by molar-refractivity contribution is -0.137. The molecular formula is C26H22F5NO3. The molecule has 4 rings (SSSR count). The summed E-state index contributed by atoms with van der Waals surface area (Å²) < 4.78 is 73.6. The van der Waals surface area contributed by atoms with E-state index in [2.05, 4.69) is 0 Å². The number of carboxylic acids is 1. The largest absolute Gasteiger partial charge is 0.489 e. The van der Waals surface area contributed by atoms with Gasteiger partial charge in [-0.25, -0.2) is 13.6 Å². The molecule has 1 fully saturated rings. The van der Waals surface area contributed by atoms with Crippen LogP contribution in [0.1, 0.15) is 63.7 Å². The smallest absolute Gasteiger partial charge is 0.416 e. The summed E-state index contributed by atoms with van der Waals surface area (Å²) in [4.78, 5) is 11.5. The highest BCUT2D eigenvalue weighted by Gasteiger charge is 2.36. The molecule has 0 aliphatic heterocycles. The first-order chi connectivity index (χ1) is 16.5. The van der Waals surface area contributed by atoms with Gasteiger partial charge >= 0.3 is 12.1 Å². The number of carbonyl (C=O) groups is 1. The molecular weight excluding hydrogens is 469 g/mol. The Balaban J connectivity index is 1.72. The molecule has 1 aliphatic rings. The lowest BCUT2D eigenvalue weighted by Crippen LogP contribution is -2.12. The number of nitrogen functional groups attached to an aromatic ring is 1. The molecule has 0 bridgehead atoms. The normalized spacial score (nSPS) is 18.0. The van der Waals surface area contributed by atoms with E-state index in [0.29, 0.717) is 36.5 Å². The number of hydrogen-bond acceptors (Lipinski definition) is 3. The third-order valence-corrected chi connectivity index (χ3v) is 6.39. The highest BCUT2D eigenvalue weighted by Crippen LogP contribution is 2.50. The molecule has 0 saturated heterocycles. The number of carboxylic acid groups (broad SMARTS) is 1. The quantitative estimate of drug-likeness (QED) is 0.291. The van der Waals surface area contributed by atoms with Crippen LogP contribution in [0.4, 0.5) is 27.6 Å². The van der Waals surface area contributed by atoms with Crippen LogP contribution in [0.25, 0.3) is 0 Å². The maximum absolute atomic E-state index is 14.1. The molecule has 2 unspecified atom stereocenters. The summed E-state index contributed by atoms with van der Waals surface area (Å²) in [5.74, 6) is -3.26. The van der Waals surface area contributed by atoms with Gasteiger partial charge in [0.2, 0.25) is 0 Å². The topological polar surface area (TPSA) is 72.5 Å². The molecule has 0 radical (unpaired) electrons. The summed E-state index contributed by atoms with van der Waals surface area (Å²) in [7, 11) is 0. The molecule has 4 nitrogen and oxygen atoms in total. The van der Waals surface area contributed by atoms with E-state index < -0.39 is 35.3 Å². The Morgan fingerprint density at radius 2 is 1.74 bits per heavy atom. The molecule has 1 aliphatic carbocycles. The van der Waals surface area contributed by atoms with E-state index in [1.807, 2.05) is 0 Å². The summed E-state index contributed by atoms with van der Waals surface area (Å²) in [5, 5.41) is 9.42. The Hall–Kier alpha value is -3.62. The van der Waals surface area contributed by atoms with Crippen LogP contribution < -0.4 is 10.5 Å². The van der Waals surface area contributed by atoms with E-state index in [-0.39, 0.29) is 35.1 Å². The monoisotopic (exact) mass is 491 g/mol. The molecule has 3 N–H and O–H groups in total. The van der Waals surface area contributed by atoms with Gasteiger partial charge in [-0.3, -0.25) is 0 Å². The first kappa shape index (κ1) is 24.5. The number of anilines is 1. The van der Waals surface area contributed by atoms with Crippen LogP contribution in [0, 0.1) is 11.6 Å². The van der Waals surface area contributed by atoms with Crippen molar-refractivity contribution in [2.24, 2.45) is 0 Å². The average molecular weight is 491 g/mol. The standard InChI is InChI=1S/C26H22F5NO3/c27-17-7-4-15(22(28)12-17)13-35-24-9-6-16(26(29,30)31)11-20(24)19-3-1-2-18(19)14-5-8-23(32)21(10-14)25(33)34/h4-12,18-19H,1-3,13,32H2,(H,33,34). The van der Waals surface area contributed by atoms with Gasteiger partial charge in [0.25, 0.3) is 0 Å². The Kier molecular flexibility index (Phi) is 6.69.